The minimum atomic E-state index is 0.811. The molecule has 0 atom stereocenters. The van der Waals surface area contributed by atoms with Gasteiger partial charge in [0, 0.05) is 5.69 Å². The number of nitrogens with two attached hydrogens (primary N) is 1. The fourth-order valence-electron chi connectivity index (χ4n) is 3.39. The smallest absolute Gasteiger partial charge is 0.0320 e. The minimum absolute atomic E-state index is 0.811. The summed E-state index contributed by atoms with van der Waals surface area (Å²) in [5.41, 5.74) is 17.2. The van der Waals surface area contributed by atoms with Crippen molar-refractivity contribution in [1.29, 1.82) is 0 Å². The van der Waals surface area contributed by atoms with Crippen LogP contribution in [-0.4, -0.2) is 0 Å². The molecule has 0 saturated heterocycles. The summed E-state index contributed by atoms with van der Waals surface area (Å²) in [6, 6.07) is 6.24. The van der Waals surface area contributed by atoms with Gasteiger partial charge in [-0.3, -0.25) is 0 Å². The van der Waals surface area contributed by atoms with E-state index in [1.165, 1.54) is 44.5 Å². The van der Waals surface area contributed by atoms with Gasteiger partial charge in [0.1, 0.15) is 0 Å². The van der Waals surface area contributed by atoms with Gasteiger partial charge in [-0.2, -0.15) is 0 Å². The van der Waals surface area contributed by atoms with Crippen LogP contribution in [0.1, 0.15) is 47.2 Å². The molecule has 2 aromatic rings. The largest absolute Gasteiger partial charge is 0.399 e. The van der Waals surface area contributed by atoms with E-state index in [4.69, 9.17) is 5.73 Å². The third kappa shape index (κ3) is 2.96. The monoisotopic (exact) mass is 305 g/mol. The molecule has 0 amide bonds. The van der Waals surface area contributed by atoms with Crippen LogP contribution in [0.4, 0.5) is 5.69 Å². The average molecular weight is 305 g/mol. The number of hydrogen-bond acceptors (Lipinski definition) is 1. The van der Waals surface area contributed by atoms with E-state index in [0.717, 1.165) is 12.1 Å². The lowest BCUT2D eigenvalue weighted by Crippen LogP contribution is -2.02. The maximum Gasteiger partial charge on any atom is 0.0320 e. The van der Waals surface area contributed by atoms with Crippen LogP contribution in [0, 0.1) is 20.8 Å². The molecule has 120 valence electrons. The highest BCUT2D eigenvalue weighted by molar-refractivity contribution is 5.84. The summed E-state index contributed by atoms with van der Waals surface area (Å²) in [6.07, 6.45) is 7.23. The van der Waals surface area contributed by atoms with Crippen LogP contribution in [0.15, 0.2) is 30.9 Å². The summed E-state index contributed by atoms with van der Waals surface area (Å²) in [6.45, 7) is 14.9. The lowest BCUT2D eigenvalue weighted by molar-refractivity contribution is 1.14. The van der Waals surface area contributed by atoms with Crippen molar-refractivity contribution < 1.29 is 0 Å². The van der Waals surface area contributed by atoms with Crippen molar-refractivity contribution in [2.45, 2.75) is 41.0 Å². The average Bonchev–Trinajstić information content (AvgIpc) is 2.53. The van der Waals surface area contributed by atoms with Crippen LogP contribution in [0.2, 0.25) is 0 Å². The molecular formula is C22H27N. The van der Waals surface area contributed by atoms with E-state index in [0.29, 0.717) is 0 Å². The molecule has 2 aromatic carbocycles. The number of rotatable bonds is 4. The van der Waals surface area contributed by atoms with Crippen molar-refractivity contribution in [1.82, 2.24) is 0 Å². The van der Waals surface area contributed by atoms with E-state index < -0.39 is 0 Å². The van der Waals surface area contributed by atoms with Crippen LogP contribution in [-0.2, 0) is 6.42 Å². The summed E-state index contributed by atoms with van der Waals surface area (Å²) in [5.74, 6) is 0. The number of nitrogen functional groups attached to an aromatic ring is 1. The molecule has 0 bridgehead atoms. The van der Waals surface area contributed by atoms with Gasteiger partial charge < -0.3 is 5.73 Å². The van der Waals surface area contributed by atoms with Gasteiger partial charge in [0.25, 0.3) is 0 Å². The summed E-state index contributed by atoms with van der Waals surface area (Å²) < 4.78 is 0. The van der Waals surface area contributed by atoms with E-state index in [9.17, 15) is 0 Å². The fraction of sp³-hybridized carbons (Fsp3) is 0.273. The van der Waals surface area contributed by atoms with Crippen molar-refractivity contribution in [3.05, 3.63) is 64.2 Å². The summed E-state index contributed by atoms with van der Waals surface area (Å²) in [7, 11) is 0. The maximum absolute atomic E-state index is 6.07. The summed E-state index contributed by atoms with van der Waals surface area (Å²) in [5, 5.41) is 0. The second kappa shape index (κ2) is 6.87. The Balaban J connectivity index is 2.92. The van der Waals surface area contributed by atoms with Gasteiger partial charge in [-0.15, -0.1) is 0 Å². The Kier molecular flexibility index (Phi) is 5.10. The zero-order valence-corrected chi connectivity index (χ0v) is 15.0. The second-order valence-corrected chi connectivity index (χ2v) is 6.05. The molecule has 0 fully saturated rings. The van der Waals surface area contributed by atoms with E-state index in [1.54, 1.807) is 0 Å². The molecule has 0 unspecified atom stereocenters. The first-order chi connectivity index (χ1) is 11.0. The van der Waals surface area contributed by atoms with Crippen molar-refractivity contribution in [3.63, 3.8) is 0 Å². The lowest BCUT2D eigenvalue weighted by Gasteiger charge is -2.21. The molecule has 0 saturated carbocycles. The molecule has 0 aliphatic carbocycles. The van der Waals surface area contributed by atoms with Crippen molar-refractivity contribution in [3.8, 4) is 11.1 Å². The lowest BCUT2D eigenvalue weighted by atomic mass is 9.83. The molecular weight excluding hydrogens is 278 g/mol. The first kappa shape index (κ1) is 17.1. The third-order valence-corrected chi connectivity index (χ3v) is 4.73. The van der Waals surface area contributed by atoms with Gasteiger partial charge in [0.15, 0.2) is 0 Å². The van der Waals surface area contributed by atoms with Crippen molar-refractivity contribution in [2.75, 3.05) is 5.73 Å². The van der Waals surface area contributed by atoms with E-state index in [1.807, 2.05) is 12.1 Å². The predicted octanol–water partition coefficient (Wildman–Crippen LogP) is 6.10. The topological polar surface area (TPSA) is 26.0 Å². The Morgan fingerprint density at radius 3 is 2.30 bits per heavy atom. The molecule has 0 spiro atoms. The van der Waals surface area contributed by atoms with Gasteiger partial charge in [-0.25, -0.2) is 0 Å². The highest BCUT2D eigenvalue weighted by Gasteiger charge is 2.17. The molecule has 23 heavy (non-hydrogen) atoms. The van der Waals surface area contributed by atoms with Crippen LogP contribution >= 0.6 is 0 Å². The van der Waals surface area contributed by atoms with Crippen LogP contribution < -0.4 is 5.73 Å². The quantitative estimate of drug-likeness (QED) is 0.679. The van der Waals surface area contributed by atoms with Crippen LogP contribution in [0.25, 0.3) is 23.3 Å². The number of aryl methyl sites for hydroxylation is 1. The standard InChI is InChI=1S/C22H27N/c1-7-10-20-14(4)15(5)22(16(6)19(20)9-3)21-13-18(23)12-11-17(21)8-2/h7,9-13H,3,8,23H2,1-2,4-6H3/b10-7-. The van der Waals surface area contributed by atoms with Gasteiger partial charge >= 0.3 is 0 Å². The van der Waals surface area contributed by atoms with Gasteiger partial charge in [-0.05, 0) is 90.8 Å². The van der Waals surface area contributed by atoms with E-state index in [2.05, 4.69) is 65.5 Å². The predicted molar refractivity (Wildman–Crippen MR) is 105 cm³/mol. The van der Waals surface area contributed by atoms with Crippen molar-refractivity contribution in [2.24, 2.45) is 0 Å². The van der Waals surface area contributed by atoms with Gasteiger partial charge in [0.05, 0.1) is 0 Å². The zero-order chi connectivity index (χ0) is 17.1. The Morgan fingerprint density at radius 1 is 1.04 bits per heavy atom. The molecule has 1 nitrogen and oxygen atoms in total. The molecule has 0 aliphatic rings. The number of anilines is 1. The molecule has 1 heteroatoms. The highest BCUT2D eigenvalue weighted by atomic mass is 14.5. The SMILES string of the molecule is C=Cc1c(C)c(-c2cc(N)ccc2CC)c(C)c(C)c1/C=C\C. The van der Waals surface area contributed by atoms with Crippen LogP contribution in [0.5, 0.6) is 0 Å². The minimum Gasteiger partial charge on any atom is -0.399 e. The molecule has 0 aliphatic heterocycles. The fourth-order valence-corrected chi connectivity index (χ4v) is 3.39. The Bertz CT molecular complexity index is 779. The number of hydrogen-bond donors (Lipinski definition) is 1. The first-order valence-corrected chi connectivity index (χ1v) is 8.23. The summed E-state index contributed by atoms with van der Waals surface area (Å²) >= 11 is 0. The first-order valence-electron chi connectivity index (χ1n) is 8.23. The molecule has 2 N–H and O–H groups in total. The zero-order valence-electron chi connectivity index (χ0n) is 15.0. The number of allylic oxidation sites excluding steroid dienone is 1. The van der Waals surface area contributed by atoms with Gasteiger partial charge in [0.2, 0.25) is 0 Å². The molecule has 0 heterocycles. The molecule has 0 radical (unpaired) electrons. The van der Waals surface area contributed by atoms with E-state index >= 15 is 0 Å². The molecule has 0 aromatic heterocycles. The second-order valence-electron chi connectivity index (χ2n) is 6.05. The Labute approximate surface area is 140 Å². The van der Waals surface area contributed by atoms with E-state index in [-0.39, 0.29) is 0 Å². The normalized spacial score (nSPS) is 11.2. The highest BCUT2D eigenvalue weighted by Crippen LogP contribution is 2.38. The van der Waals surface area contributed by atoms with Crippen LogP contribution in [0.3, 0.4) is 0 Å². The Morgan fingerprint density at radius 2 is 1.74 bits per heavy atom. The van der Waals surface area contributed by atoms with Crippen molar-refractivity contribution >= 4 is 17.8 Å². The third-order valence-electron chi connectivity index (χ3n) is 4.73. The number of benzene rings is 2. The molecule has 2 rings (SSSR count). The summed E-state index contributed by atoms with van der Waals surface area (Å²) in [4.78, 5) is 0. The van der Waals surface area contributed by atoms with Gasteiger partial charge in [-0.1, -0.05) is 37.8 Å². The Hall–Kier alpha value is -2.28. The maximum atomic E-state index is 6.07.